The lowest BCUT2D eigenvalue weighted by molar-refractivity contribution is -0.127. The molecule has 1 N–H and O–H groups in total. The van der Waals surface area contributed by atoms with Crippen LogP contribution >= 0.6 is 0 Å². The summed E-state index contributed by atoms with van der Waals surface area (Å²) in [5.41, 5.74) is 2.15. The second-order valence-corrected chi connectivity index (χ2v) is 4.98. The van der Waals surface area contributed by atoms with Gasteiger partial charge in [-0.15, -0.1) is 0 Å². The van der Waals surface area contributed by atoms with Crippen molar-refractivity contribution in [1.29, 1.82) is 5.26 Å². The van der Waals surface area contributed by atoms with E-state index in [4.69, 9.17) is 5.26 Å². The normalized spacial score (nSPS) is 15.6. The number of benzene rings is 1. The zero-order valence-corrected chi connectivity index (χ0v) is 11.7. The van der Waals surface area contributed by atoms with Crippen molar-refractivity contribution >= 4 is 11.6 Å². The maximum absolute atomic E-state index is 12.2. The van der Waals surface area contributed by atoms with Gasteiger partial charge in [0, 0.05) is 25.0 Å². The molecule has 104 valence electrons. The van der Waals surface area contributed by atoms with E-state index in [0.717, 1.165) is 43.6 Å². The minimum atomic E-state index is -0.173. The predicted molar refractivity (Wildman–Crippen MR) is 78.9 cm³/mol. The maximum Gasteiger partial charge on any atom is 0.266 e. The minimum absolute atomic E-state index is 0.162. The topological polar surface area (TPSA) is 56.1 Å². The number of carbonyl (C=O) groups excluding carboxylic acids is 1. The van der Waals surface area contributed by atoms with Crippen molar-refractivity contribution in [2.45, 2.75) is 26.2 Å². The molecule has 0 aliphatic carbocycles. The largest absolute Gasteiger partial charge is 0.360 e. The number of anilines is 1. The van der Waals surface area contributed by atoms with Crippen LogP contribution in [0.4, 0.5) is 5.69 Å². The average molecular weight is 269 g/mol. The summed E-state index contributed by atoms with van der Waals surface area (Å²) in [6.45, 7) is 3.49. The van der Waals surface area contributed by atoms with Crippen LogP contribution in [0.25, 0.3) is 0 Å². The molecule has 1 aromatic rings. The van der Waals surface area contributed by atoms with Crippen molar-refractivity contribution in [2.24, 2.45) is 0 Å². The summed E-state index contributed by atoms with van der Waals surface area (Å²) < 4.78 is 0. The number of aryl methyl sites for hydroxylation is 1. The minimum Gasteiger partial charge on any atom is -0.360 e. The van der Waals surface area contributed by atoms with Crippen molar-refractivity contribution in [3.05, 3.63) is 41.6 Å². The first-order valence-corrected chi connectivity index (χ1v) is 6.94. The Balaban J connectivity index is 2.08. The first kappa shape index (κ1) is 14.1. The van der Waals surface area contributed by atoms with Gasteiger partial charge in [-0.1, -0.05) is 18.2 Å². The Bertz CT molecular complexity index is 551. The van der Waals surface area contributed by atoms with E-state index in [1.54, 1.807) is 4.90 Å². The fourth-order valence-electron chi connectivity index (χ4n) is 2.29. The molecule has 1 fully saturated rings. The molecule has 4 nitrogen and oxygen atoms in total. The number of rotatable bonds is 3. The summed E-state index contributed by atoms with van der Waals surface area (Å²) in [5, 5.41) is 12.2. The highest BCUT2D eigenvalue weighted by Gasteiger charge is 2.20. The smallest absolute Gasteiger partial charge is 0.266 e. The molecule has 2 rings (SSSR count). The third-order valence-electron chi connectivity index (χ3n) is 3.51. The van der Waals surface area contributed by atoms with Gasteiger partial charge in [0.2, 0.25) is 0 Å². The van der Waals surface area contributed by atoms with E-state index >= 15 is 0 Å². The lowest BCUT2D eigenvalue weighted by atomic mass is 10.1. The molecule has 1 saturated heterocycles. The SMILES string of the molecule is Cc1ccccc1N/C=C(/C#N)C(=O)N1CCCCC1. The Kier molecular flexibility index (Phi) is 4.78. The van der Waals surface area contributed by atoms with E-state index in [1.165, 1.54) is 6.20 Å². The van der Waals surface area contributed by atoms with Crippen molar-refractivity contribution in [3.63, 3.8) is 0 Å². The third kappa shape index (κ3) is 3.39. The Morgan fingerprint density at radius 1 is 1.30 bits per heavy atom. The monoisotopic (exact) mass is 269 g/mol. The number of amides is 1. The predicted octanol–water partition coefficient (Wildman–Crippen LogP) is 2.83. The lowest BCUT2D eigenvalue weighted by Crippen LogP contribution is -2.36. The molecular formula is C16H19N3O. The quantitative estimate of drug-likeness (QED) is 0.678. The lowest BCUT2D eigenvalue weighted by Gasteiger charge is -2.26. The summed E-state index contributed by atoms with van der Waals surface area (Å²) in [6.07, 6.45) is 4.72. The van der Waals surface area contributed by atoms with Gasteiger partial charge < -0.3 is 10.2 Å². The Hall–Kier alpha value is -2.28. The Morgan fingerprint density at radius 3 is 2.65 bits per heavy atom. The van der Waals surface area contributed by atoms with Gasteiger partial charge in [0.15, 0.2) is 0 Å². The number of hydrogen-bond acceptors (Lipinski definition) is 3. The average Bonchev–Trinajstić information content (AvgIpc) is 2.50. The Labute approximate surface area is 119 Å². The fourth-order valence-corrected chi connectivity index (χ4v) is 2.29. The summed E-state index contributed by atoms with van der Waals surface area (Å²) in [5.74, 6) is -0.173. The number of para-hydroxylation sites is 1. The standard InChI is InChI=1S/C16H19N3O/c1-13-7-3-4-8-15(13)18-12-14(11-17)16(20)19-9-5-2-6-10-19/h3-4,7-8,12,18H,2,5-6,9-10H2,1H3/b14-12-. The van der Waals surface area contributed by atoms with Gasteiger partial charge in [-0.3, -0.25) is 4.79 Å². The molecule has 0 spiro atoms. The van der Waals surface area contributed by atoms with Crippen LogP contribution in [0.1, 0.15) is 24.8 Å². The van der Waals surface area contributed by atoms with Crippen LogP contribution in [0.3, 0.4) is 0 Å². The molecule has 0 atom stereocenters. The number of carbonyl (C=O) groups is 1. The molecular weight excluding hydrogens is 250 g/mol. The van der Waals surface area contributed by atoms with Crippen LogP contribution in [0.2, 0.25) is 0 Å². The molecule has 1 heterocycles. The van der Waals surface area contributed by atoms with Crippen LogP contribution in [0.15, 0.2) is 36.0 Å². The summed E-state index contributed by atoms with van der Waals surface area (Å²) in [4.78, 5) is 14.0. The molecule has 0 saturated carbocycles. The van der Waals surface area contributed by atoms with Crippen LogP contribution in [-0.4, -0.2) is 23.9 Å². The summed E-state index contributed by atoms with van der Waals surface area (Å²) in [6, 6.07) is 9.77. The molecule has 1 aliphatic heterocycles. The number of nitrogens with one attached hydrogen (secondary N) is 1. The molecule has 0 radical (unpaired) electrons. The van der Waals surface area contributed by atoms with E-state index in [1.807, 2.05) is 37.3 Å². The van der Waals surface area contributed by atoms with Crippen LogP contribution < -0.4 is 5.32 Å². The van der Waals surface area contributed by atoms with Crippen LogP contribution in [-0.2, 0) is 4.79 Å². The molecule has 20 heavy (non-hydrogen) atoms. The van der Waals surface area contributed by atoms with Crippen LogP contribution in [0.5, 0.6) is 0 Å². The fraction of sp³-hybridized carbons (Fsp3) is 0.375. The molecule has 1 aromatic carbocycles. The molecule has 4 heteroatoms. The highest BCUT2D eigenvalue weighted by Crippen LogP contribution is 2.15. The number of piperidine rings is 1. The highest BCUT2D eigenvalue weighted by atomic mass is 16.2. The van der Waals surface area contributed by atoms with Gasteiger partial charge in [0.1, 0.15) is 11.6 Å². The second kappa shape index (κ2) is 6.76. The van der Waals surface area contributed by atoms with Crippen molar-refractivity contribution in [3.8, 4) is 6.07 Å². The van der Waals surface area contributed by atoms with Crippen molar-refractivity contribution < 1.29 is 4.79 Å². The van der Waals surface area contributed by atoms with Crippen molar-refractivity contribution in [1.82, 2.24) is 4.90 Å². The van der Waals surface area contributed by atoms with Crippen LogP contribution in [0, 0.1) is 18.3 Å². The van der Waals surface area contributed by atoms with Gasteiger partial charge in [-0.05, 0) is 37.8 Å². The van der Waals surface area contributed by atoms with Gasteiger partial charge in [0.05, 0.1) is 0 Å². The molecule has 1 amide bonds. The van der Waals surface area contributed by atoms with E-state index < -0.39 is 0 Å². The zero-order chi connectivity index (χ0) is 14.4. The van der Waals surface area contributed by atoms with E-state index in [-0.39, 0.29) is 11.5 Å². The third-order valence-corrected chi connectivity index (χ3v) is 3.51. The van der Waals surface area contributed by atoms with E-state index in [2.05, 4.69) is 5.32 Å². The zero-order valence-electron chi connectivity index (χ0n) is 11.7. The number of nitriles is 1. The Morgan fingerprint density at radius 2 is 2.00 bits per heavy atom. The first-order chi connectivity index (χ1) is 9.72. The number of likely N-dealkylation sites (tertiary alicyclic amines) is 1. The van der Waals surface area contributed by atoms with E-state index in [0.29, 0.717) is 0 Å². The number of nitrogens with zero attached hydrogens (tertiary/aromatic N) is 2. The molecule has 0 unspecified atom stereocenters. The summed E-state index contributed by atoms with van der Waals surface area (Å²) >= 11 is 0. The molecule has 0 aromatic heterocycles. The molecule has 0 bridgehead atoms. The van der Waals surface area contributed by atoms with Gasteiger partial charge in [-0.25, -0.2) is 0 Å². The van der Waals surface area contributed by atoms with Gasteiger partial charge in [-0.2, -0.15) is 5.26 Å². The maximum atomic E-state index is 12.2. The first-order valence-electron chi connectivity index (χ1n) is 6.94. The van der Waals surface area contributed by atoms with Gasteiger partial charge in [0.25, 0.3) is 5.91 Å². The number of hydrogen-bond donors (Lipinski definition) is 1. The summed E-state index contributed by atoms with van der Waals surface area (Å²) in [7, 11) is 0. The van der Waals surface area contributed by atoms with Crippen molar-refractivity contribution in [2.75, 3.05) is 18.4 Å². The molecule has 1 aliphatic rings. The highest BCUT2D eigenvalue weighted by molar-refractivity contribution is 5.97. The van der Waals surface area contributed by atoms with E-state index in [9.17, 15) is 4.79 Å². The second-order valence-electron chi connectivity index (χ2n) is 4.98. The van der Waals surface area contributed by atoms with Gasteiger partial charge >= 0.3 is 0 Å².